The minimum absolute atomic E-state index is 0.0296. The Bertz CT molecular complexity index is 566. The third kappa shape index (κ3) is 3.46. The zero-order valence-corrected chi connectivity index (χ0v) is 13.6. The van der Waals surface area contributed by atoms with Crippen molar-refractivity contribution >= 4 is 11.3 Å². The highest BCUT2D eigenvalue weighted by molar-refractivity contribution is 7.09. The smallest absolute Gasteiger partial charge is 0.102 e. The molecule has 1 atom stereocenters. The first-order valence-electron chi connectivity index (χ1n) is 6.95. The molecule has 0 amide bonds. The molecule has 1 N–H and O–H groups in total. The molecule has 0 spiro atoms. The molecule has 0 bridgehead atoms. The topological polar surface area (TPSA) is 50.9 Å². The average Bonchev–Trinajstić information content (AvgIpc) is 2.95. The molecule has 2 aromatic heterocycles. The van der Waals surface area contributed by atoms with Gasteiger partial charge < -0.3 is 5.11 Å². The van der Waals surface area contributed by atoms with Crippen LogP contribution in [0.3, 0.4) is 0 Å². The lowest BCUT2D eigenvalue weighted by molar-refractivity contribution is 0.172. The van der Waals surface area contributed by atoms with E-state index in [4.69, 9.17) is 0 Å². The molecular weight excluding hydrogens is 270 g/mol. The molecule has 1 unspecified atom stereocenters. The van der Waals surface area contributed by atoms with Gasteiger partial charge in [-0.05, 0) is 19.9 Å². The van der Waals surface area contributed by atoms with Gasteiger partial charge in [-0.2, -0.15) is 5.10 Å². The van der Waals surface area contributed by atoms with Crippen LogP contribution in [0.2, 0.25) is 0 Å². The van der Waals surface area contributed by atoms with Crippen molar-refractivity contribution in [2.75, 3.05) is 0 Å². The zero-order valence-electron chi connectivity index (χ0n) is 12.8. The van der Waals surface area contributed by atoms with Crippen LogP contribution in [-0.2, 0) is 11.8 Å². The number of aliphatic hydroxyl groups is 1. The van der Waals surface area contributed by atoms with E-state index < -0.39 is 6.10 Å². The fraction of sp³-hybridized carbons (Fsp3) is 0.600. The number of nitrogens with zero attached hydrogens (tertiary/aromatic N) is 3. The van der Waals surface area contributed by atoms with E-state index in [9.17, 15) is 5.11 Å². The summed E-state index contributed by atoms with van der Waals surface area (Å²) in [7, 11) is 0. The molecule has 0 saturated carbocycles. The summed E-state index contributed by atoms with van der Waals surface area (Å²) in [5, 5.41) is 17.8. The first-order chi connectivity index (χ1) is 9.27. The Kier molecular flexibility index (Phi) is 4.30. The third-order valence-electron chi connectivity index (χ3n) is 3.10. The summed E-state index contributed by atoms with van der Waals surface area (Å²) in [6, 6.07) is 2.30. The monoisotopic (exact) mass is 293 g/mol. The summed E-state index contributed by atoms with van der Waals surface area (Å²) >= 11 is 1.61. The molecule has 0 aliphatic heterocycles. The largest absolute Gasteiger partial charge is 0.386 e. The highest BCUT2D eigenvalue weighted by Gasteiger charge is 2.21. The Labute approximate surface area is 124 Å². The number of aromatic nitrogens is 3. The number of thiazole rings is 1. The summed E-state index contributed by atoms with van der Waals surface area (Å²) in [6.07, 6.45) is 1.87. The molecule has 0 aromatic carbocycles. The second-order valence-electron chi connectivity index (χ2n) is 6.43. The van der Waals surface area contributed by atoms with Crippen molar-refractivity contribution in [1.82, 2.24) is 14.8 Å². The first-order valence-corrected chi connectivity index (χ1v) is 7.83. The minimum atomic E-state index is -0.585. The summed E-state index contributed by atoms with van der Waals surface area (Å²) < 4.78 is 1.91. The molecule has 0 saturated heterocycles. The molecule has 0 aliphatic carbocycles. The van der Waals surface area contributed by atoms with Crippen LogP contribution >= 0.6 is 11.3 Å². The van der Waals surface area contributed by atoms with Gasteiger partial charge in [0.15, 0.2) is 0 Å². The van der Waals surface area contributed by atoms with E-state index in [1.165, 1.54) is 0 Å². The van der Waals surface area contributed by atoms with Crippen LogP contribution in [0.1, 0.15) is 63.2 Å². The molecule has 0 fully saturated rings. The van der Waals surface area contributed by atoms with E-state index in [2.05, 4.69) is 44.7 Å². The molecule has 2 heterocycles. The van der Waals surface area contributed by atoms with Crippen LogP contribution in [0.4, 0.5) is 0 Å². The molecule has 4 nitrogen and oxygen atoms in total. The maximum Gasteiger partial charge on any atom is 0.102 e. The Hall–Kier alpha value is -1.20. The number of rotatable bonds is 4. The van der Waals surface area contributed by atoms with Crippen molar-refractivity contribution < 1.29 is 5.11 Å². The maximum absolute atomic E-state index is 10.3. The van der Waals surface area contributed by atoms with Crippen LogP contribution in [0.5, 0.6) is 0 Å². The predicted octanol–water partition coefficient (Wildman–Crippen LogP) is 3.49. The quantitative estimate of drug-likeness (QED) is 0.938. The van der Waals surface area contributed by atoms with Crippen LogP contribution in [-0.4, -0.2) is 19.9 Å². The normalized spacial score (nSPS) is 13.9. The third-order valence-corrected chi connectivity index (χ3v) is 4.39. The molecule has 0 radical (unpaired) electrons. The van der Waals surface area contributed by atoms with Gasteiger partial charge in [0, 0.05) is 29.5 Å². The Morgan fingerprint density at radius 3 is 2.55 bits per heavy atom. The molecule has 110 valence electrons. The lowest BCUT2D eigenvalue weighted by Gasteiger charge is -2.14. The molecule has 5 heteroatoms. The standard InChI is InChI=1S/C15H23N3OS/c1-10(2)18-7-6-11(17-18)8-13(19)12-9-20-14(16-12)15(3,4)5/h6-7,9-10,13,19H,8H2,1-5H3. The lowest BCUT2D eigenvalue weighted by Crippen LogP contribution is -2.11. The van der Waals surface area contributed by atoms with E-state index in [0.717, 1.165) is 16.4 Å². The Morgan fingerprint density at radius 1 is 1.35 bits per heavy atom. The van der Waals surface area contributed by atoms with Gasteiger partial charge in [-0.15, -0.1) is 11.3 Å². The highest BCUT2D eigenvalue weighted by atomic mass is 32.1. The first kappa shape index (κ1) is 15.2. The van der Waals surface area contributed by atoms with Crippen molar-refractivity contribution in [3.8, 4) is 0 Å². The van der Waals surface area contributed by atoms with Crippen LogP contribution in [0.15, 0.2) is 17.6 Å². The van der Waals surface area contributed by atoms with E-state index in [-0.39, 0.29) is 5.41 Å². The van der Waals surface area contributed by atoms with E-state index in [1.807, 2.05) is 22.3 Å². The van der Waals surface area contributed by atoms with Crippen molar-refractivity contribution in [3.05, 3.63) is 34.0 Å². The number of aliphatic hydroxyl groups excluding tert-OH is 1. The van der Waals surface area contributed by atoms with Crippen LogP contribution in [0, 0.1) is 0 Å². The molecular formula is C15H23N3OS. The van der Waals surface area contributed by atoms with Crippen molar-refractivity contribution in [2.45, 2.75) is 58.6 Å². The second-order valence-corrected chi connectivity index (χ2v) is 7.29. The van der Waals surface area contributed by atoms with Crippen LogP contribution < -0.4 is 0 Å². The molecule has 2 aromatic rings. The van der Waals surface area contributed by atoms with Gasteiger partial charge in [0.25, 0.3) is 0 Å². The van der Waals surface area contributed by atoms with Crippen molar-refractivity contribution in [1.29, 1.82) is 0 Å². The Balaban J connectivity index is 2.07. The highest BCUT2D eigenvalue weighted by Crippen LogP contribution is 2.28. The van der Waals surface area contributed by atoms with Gasteiger partial charge in [-0.3, -0.25) is 4.68 Å². The molecule has 2 rings (SSSR count). The minimum Gasteiger partial charge on any atom is -0.386 e. The summed E-state index contributed by atoms with van der Waals surface area (Å²) in [5.74, 6) is 0. The van der Waals surface area contributed by atoms with E-state index >= 15 is 0 Å². The van der Waals surface area contributed by atoms with E-state index in [1.54, 1.807) is 11.3 Å². The summed E-state index contributed by atoms with van der Waals surface area (Å²) in [4.78, 5) is 4.55. The van der Waals surface area contributed by atoms with Gasteiger partial charge in [-0.1, -0.05) is 20.8 Å². The number of hydrogen-bond acceptors (Lipinski definition) is 4. The molecule has 20 heavy (non-hydrogen) atoms. The van der Waals surface area contributed by atoms with Gasteiger partial charge in [0.2, 0.25) is 0 Å². The Morgan fingerprint density at radius 2 is 2.05 bits per heavy atom. The zero-order chi connectivity index (χ0) is 14.9. The van der Waals surface area contributed by atoms with Gasteiger partial charge in [0.05, 0.1) is 16.4 Å². The summed E-state index contributed by atoms with van der Waals surface area (Å²) in [5.41, 5.74) is 1.68. The van der Waals surface area contributed by atoms with Gasteiger partial charge in [-0.25, -0.2) is 4.98 Å². The number of hydrogen-bond donors (Lipinski definition) is 1. The SMILES string of the molecule is CC(C)n1ccc(CC(O)c2csc(C(C)(C)C)n2)n1. The summed E-state index contributed by atoms with van der Waals surface area (Å²) in [6.45, 7) is 10.6. The fourth-order valence-electron chi connectivity index (χ4n) is 1.86. The van der Waals surface area contributed by atoms with Gasteiger partial charge >= 0.3 is 0 Å². The maximum atomic E-state index is 10.3. The lowest BCUT2D eigenvalue weighted by atomic mass is 9.98. The average molecular weight is 293 g/mol. The second kappa shape index (κ2) is 5.66. The van der Waals surface area contributed by atoms with Crippen molar-refractivity contribution in [2.24, 2.45) is 0 Å². The van der Waals surface area contributed by atoms with Crippen LogP contribution in [0.25, 0.3) is 0 Å². The predicted molar refractivity (Wildman–Crippen MR) is 82.1 cm³/mol. The van der Waals surface area contributed by atoms with E-state index in [0.29, 0.717) is 12.5 Å². The van der Waals surface area contributed by atoms with Crippen molar-refractivity contribution in [3.63, 3.8) is 0 Å². The fourth-order valence-corrected chi connectivity index (χ4v) is 2.81. The van der Waals surface area contributed by atoms with Gasteiger partial charge in [0.1, 0.15) is 6.10 Å². The molecule has 0 aliphatic rings.